The first kappa shape index (κ1) is 10.2. The van der Waals surface area contributed by atoms with Crippen LogP contribution in [0.25, 0.3) is 10.9 Å². The molecule has 0 amide bonds. The monoisotopic (exact) mass is 202 g/mol. The van der Waals surface area contributed by atoms with Crippen molar-refractivity contribution in [1.29, 1.82) is 0 Å². The molecule has 1 unspecified atom stereocenters. The Morgan fingerprint density at radius 1 is 1.40 bits per heavy atom. The summed E-state index contributed by atoms with van der Waals surface area (Å²) in [7, 11) is 0. The van der Waals surface area contributed by atoms with Crippen molar-refractivity contribution in [1.82, 2.24) is 4.98 Å². The van der Waals surface area contributed by atoms with E-state index in [0.717, 1.165) is 13.0 Å². The van der Waals surface area contributed by atoms with Crippen molar-refractivity contribution in [2.45, 2.75) is 26.2 Å². The summed E-state index contributed by atoms with van der Waals surface area (Å²) < 4.78 is 0. The summed E-state index contributed by atoms with van der Waals surface area (Å²) in [5, 5.41) is 1.30. The SMILES string of the molecule is Cc1cc(C(C)CCN)cc2cc[nH]c12. The normalized spacial score (nSPS) is 13.3. The van der Waals surface area contributed by atoms with Gasteiger partial charge in [-0.25, -0.2) is 0 Å². The molecule has 0 saturated heterocycles. The lowest BCUT2D eigenvalue weighted by molar-refractivity contribution is 0.690. The zero-order valence-corrected chi connectivity index (χ0v) is 9.38. The van der Waals surface area contributed by atoms with E-state index in [1.165, 1.54) is 22.0 Å². The molecule has 0 bridgehead atoms. The number of rotatable bonds is 3. The third-order valence-corrected chi connectivity index (χ3v) is 3.05. The number of hydrogen-bond acceptors (Lipinski definition) is 1. The number of nitrogens with two attached hydrogens (primary N) is 1. The van der Waals surface area contributed by atoms with Gasteiger partial charge < -0.3 is 10.7 Å². The number of aryl methyl sites for hydroxylation is 1. The molecule has 2 aromatic rings. The molecule has 1 aromatic carbocycles. The Morgan fingerprint density at radius 3 is 2.93 bits per heavy atom. The summed E-state index contributed by atoms with van der Waals surface area (Å²) in [6.45, 7) is 5.14. The molecule has 2 heteroatoms. The summed E-state index contributed by atoms with van der Waals surface area (Å²) in [6.07, 6.45) is 3.05. The van der Waals surface area contributed by atoms with Crippen molar-refractivity contribution >= 4 is 10.9 Å². The number of aromatic amines is 1. The molecular formula is C13H18N2. The predicted molar refractivity (Wildman–Crippen MR) is 65.1 cm³/mol. The van der Waals surface area contributed by atoms with Crippen LogP contribution in [0, 0.1) is 6.92 Å². The Bertz CT molecular complexity index is 457. The average Bonchev–Trinajstić information content (AvgIpc) is 2.66. The maximum Gasteiger partial charge on any atom is 0.0483 e. The second kappa shape index (κ2) is 4.07. The van der Waals surface area contributed by atoms with Crippen LogP contribution in [-0.2, 0) is 0 Å². The second-order valence-electron chi connectivity index (χ2n) is 4.26. The van der Waals surface area contributed by atoms with Gasteiger partial charge in [-0.1, -0.05) is 13.0 Å². The lowest BCUT2D eigenvalue weighted by Gasteiger charge is -2.11. The van der Waals surface area contributed by atoms with E-state index in [1.54, 1.807) is 0 Å². The van der Waals surface area contributed by atoms with Crippen LogP contribution in [0.5, 0.6) is 0 Å². The molecule has 0 aliphatic carbocycles. The highest BCUT2D eigenvalue weighted by atomic mass is 14.7. The fourth-order valence-corrected chi connectivity index (χ4v) is 2.09. The number of aromatic nitrogens is 1. The van der Waals surface area contributed by atoms with Gasteiger partial charge in [-0.15, -0.1) is 0 Å². The number of nitrogens with one attached hydrogen (secondary N) is 1. The molecule has 2 rings (SSSR count). The minimum absolute atomic E-state index is 0.549. The number of hydrogen-bond donors (Lipinski definition) is 2. The Balaban J connectivity index is 2.44. The summed E-state index contributed by atoms with van der Waals surface area (Å²) in [5.41, 5.74) is 9.55. The molecule has 1 atom stereocenters. The zero-order valence-electron chi connectivity index (χ0n) is 9.38. The standard InChI is InChI=1S/C13H18N2/c1-9(3-5-14)12-7-10(2)13-11(8-12)4-6-15-13/h4,6-9,15H,3,5,14H2,1-2H3. The Labute approximate surface area is 90.5 Å². The molecule has 0 radical (unpaired) electrons. The van der Waals surface area contributed by atoms with Crippen LogP contribution < -0.4 is 5.73 Å². The molecule has 3 N–H and O–H groups in total. The van der Waals surface area contributed by atoms with Crippen molar-refractivity contribution < 1.29 is 0 Å². The molecular weight excluding hydrogens is 184 g/mol. The van der Waals surface area contributed by atoms with E-state index in [9.17, 15) is 0 Å². The average molecular weight is 202 g/mol. The van der Waals surface area contributed by atoms with Gasteiger partial charge in [0.2, 0.25) is 0 Å². The molecule has 2 nitrogen and oxygen atoms in total. The highest BCUT2D eigenvalue weighted by molar-refractivity contribution is 5.83. The highest BCUT2D eigenvalue weighted by Gasteiger charge is 2.07. The van der Waals surface area contributed by atoms with E-state index < -0.39 is 0 Å². The molecule has 0 saturated carbocycles. The van der Waals surface area contributed by atoms with Crippen LogP contribution >= 0.6 is 0 Å². The van der Waals surface area contributed by atoms with Gasteiger partial charge in [0.1, 0.15) is 0 Å². The molecule has 1 heterocycles. The van der Waals surface area contributed by atoms with Crippen molar-refractivity contribution in [2.24, 2.45) is 5.73 Å². The van der Waals surface area contributed by atoms with E-state index in [2.05, 4.69) is 37.0 Å². The summed E-state index contributed by atoms with van der Waals surface area (Å²) >= 11 is 0. The van der Waals surface area contributed by atoms with Gasteiger partial charge in [0.25, 0.3) is 0 Å². The van der Waals surface area contributed by atoms with Crippen molar-refractivity contribution in [3.63, 3.8) is 0 Å². The molecule has 0 fully saturated rings. The molecule has 15 heavy (non-hydrogen) atoms. The van der Waals surface area contributed by atoms with Crippen LogP contribution in [0.2, 0.25) is 0 Å². The maximum atomic E-state index is 5.59. The lowest BCUT2D eigenvalue weighted by Crippen LogP contribution is -2.04. The third-order valence-electron chi connectivity index (χ3n) is 3.05. The lowest BCUT2D eigenvalue weighted by atomic mass is 9.95. The van der Waals surface area contributed by atoms with E-state index in [-0.39, 0.29) is 0 Å². The fourth-order valence-electron chi connectivity index (χ4n) is 2.09. The summed E-state index contributed by atoms with van der Waals surface area (Å²) in [5.74, 6) is 0.549. The highest BCUT2D eigenvalue weighted by Crippen LogP contribution is 2.25. The smallest absolute Gasteiger partial charge is 0.0483 e. The van der Waals surface area contributed by atoms with Crippen molar-refractivity contribution in [3.8, 4) is 0 Å². The first-order valence-corrected chi connectivity index (χ1v) is 5.50. The van der Waals surface area contributed by atoms with E-state index in [4.69, 9.17) is 5.73 Å². The largest absolute Gasteiger partial charge is 0.361 e. The van der Waals surface area contributed by atoms with Crippen molar-refractivity contribution in [2.75, 3.05) is 6.54 Å². The van der Waals surface area contributed by atoms with Gasteiger partial charge in [-0.05, 0) is 54.5 Å². The second-order valence-corrected chi connectivity index (χ2v) is 4.26. The minimum Gasteiger partial charge on any atom is -0.361 e. The van der Waals surface area contributed by atoms with E-state index in [0.29, 0.717) is 5.92 Å². The van der Waals surface area contributed by atoms with Gasteiger partial charge in [0, 0.05) is 11.7 Å². The van der Waals surface area contributed by atoms with Crippen LogP contribution in [0.15, 0.2) is 24.4 Å². The molecule has 80 valence electrons. The molecule has 0 aliphatic heterocycles. The van der Waals surface area contributed by atoms with Crippen molar-refractivity contribution in [3.05, 3.63) is 35.5 Å². The molecule has 0 aliphatic rings. The van der Waals surface area contributed by atoms with Gasteiger partial charge in [0.15, 0.2) is 0 Å². The fraction of sp³-hybridized carbons (Fsp3) is 0.385. The van der Waals surface area contributed by atoms with Gasteiger partial charge in [-0.2, -0.15) is 0 Å². The quantitative estimate of drug-likeness (QED) is 0.789. The van der Waals surface area contributed by atoms with Gasteiger partial charge in [-0.3, -0.25) is 0 Å². The van der Waals surface area contributed by atoms with Gasteiger partial charge in [0.05, 0.1) is 0 Å². The van der Waals surface area contributed by atoms with Crippen LogP contribution in [-0.4, -0.2) is 11.5 Å². The topological polar surface area (TPSA) is 41.8 Å². The van der Waals surface area contributed by atoms with Crippen LogP contribution in [0.4, 0.5) is 0 Å². The molecule has 1 aromatic heterocycles. The number of benzene rings is 1. The Kier molecular flexibility index (Phi) is 2.78. The number of fused-ring (bicyclic) bond motifs is 1. The number of H-pyrrole nitrogens is 1. The van der Waals surface area contributed by atoms with Crippen LogP contribution in [0.3, 0.4) is 0 Å². The Morgan fingerprint density at radius 2 is 2.20 bits per heavy atom. The maximum absolute atomic E-state index is 5.59. The zero-order chi connectivity index (χ0) is 10.8. The Hall–Kier alpha value is -1.28. The first-order chi connectivity index (χ1) is 7.22. The molecule has 0 spiro atoms. The van der Waals surface area contributed by atoms with Gasteiger partial charge >= 0.3 is 0 Å². The van der Waals surface area contributed by atoms with E-state index >= 15 is 0 Å². The third kappa shape index (κ3) is 1.90. The first-order valence-electron chi connectivity index (χ1n) is 5.50. The van der Waals surface area contributed by atoms with Crippen LogP contribution in [0.1, 0.15) is 30.4 Å². The predicted octanol–water partition coefficient (Wildman–Crippen LogP) is 2.93. The van der Waals surface area contributed by atoms with E-state index in [1.807, 2.05) is 6.20 Å². The summed E-state index contributed by atoms with van der Waals surface area (Å²) in [6, 6.07) is 6.65. The minimum atomic E-state index is 0.549. The summed E-state index contributed by atoms with van der Waals surface area (Å²) in [4.78, 5) is 3.26.